The van der Waals surface area contributed by atoms with E-state index in [2.05, 4.69) is 38.1 Å². The molecular weight excluding hydrogens is 288 g/mol. The predicted molar refractivity (Wildman–Crippen MR) is 95.5 cm³/mol. The summed E-state index contributed by atoms with van der Waals surface area (Å²) in [5, 5.41) is 9.42. The van der Waals surface area contributed by atoms with Gasteiger partial charge in [-0.05, 0) is 47.6 Å². The average Bonchev–Trinajstić information content (AvgIpc) is 2.55. The molecule has 2 aromatic carbocycles. The second-order valence-electron chi connectivity index (χ2n) is 5.23. The Hall–Kier alpha value is -2.18. The molecule has 0 aliphatic heterocycles. The Morgan fingerprint density at radius 3 is 2.55 bits per heavy atom. The fraction of sp³-hybridized carbons (Fsp3) is 0.211. The zero-order valence-corrected chi connectivity index (χ0v) is 13.9. The number of thioether (sulfide) groups is 1. The first kappa shape index (κ1) is 16.2. The molecule has 0 aliphatic rings. The second kappa shape index (κ2) is 7.20. The van der Waals surface area contributed by atoms with Gasteiger partial charge in [0.1, 0.15) is 0 Å². The first-order chi connectivity index (χ1) is 10.6. The number of rotatable bonds is 4. The van der Waals surface area contributed by atoms with Crippen molar-refractivity contribution in [1.82, 2.24) is 0 Å². The fourth-order valence-corrected chi connectivity index (χ4v) is 3.21. The largest absolute Gasteiger partial charge is 0.404 e. The van der Waals surface area contributed by atoms with Crippen LogP contribution in [-0.4, -0.2) is 6.26 Å². The van der Waals surface area contributed by atoms with E-state index in [0.29, 0.717) is 5.56 Å². The monoisotopic (exact) mass is 308 g/mol. The zero-order valence-electron chi connectivity index (χ0n) is 13.1. The smallest absolute Gasteiger partial charge is 0.0998 e. The summed E-state index contributed by atoms with van der Waals surface area (Å²) in [4.78, 5) is 1.13. The van der Waals surface area contributed by atoms with Gasteiger partial charge in [0.25, 0.3) is 0 Å². The van der Waals surface area contributed by atoms with Gasteiger partial charge in [-0.2, -0.15) is 5.26 Å². The van der Waals surface area contributed by atoms with Crippen LogP contribution in [0.15, 0.2) is 53.6 Å². The van der Waals surface area contributed by atoms with Crippen LogP contribution in [0.5, 0.6) is 0 Å². The molecule has 0 heterocycles. The summed E-state index contributed by atoms with van der Waals surface area (Å²) in [5.41, 5.74) is 10.9. The number of hydrogen-bond acceptors (Lipinski definition) is 3. The third kappa shape index (κ3) is 3.18. The molecule has 3 heteroatoms. The molecule has 2 nitrogen and oxygen atoms in total. The number of nitrogens with zero attached hydrogens (tertiary/aromatic N) is 1. The SMILES string of the molecule is CS/C(=C\N)C(C)c1ccc(C#N)c(-c2ccccc2C)c1. The minimum absolute atomic E-state index is 0.218. The van der Waals surface area contributed by atoms with Crippen LogP contribution in [0.25, 0.3) is 11.1 Å². The van der Waals surface area contributed by atoms with Crippen molar-refractivity contribution < 1.29 is 0 Å². The summed E-state index contributed by atoms with van der Waals surface area (Å²) in [6, 6.07) is 16.5. The molecule has 0 bridgehead atoms. The van der Waals surface area contributed by atoms with Crippen molar-refractivity contribution >= 4 is 11.8 Å². The minimum atomic E-state index is 0.218. The van der Waals surface area contributed by atoms with Crippen LogP contribution in [0, 0.1) is 18.3 Å². The molecule has 22 heavy (non-hydrogen) atoms. The van der Waals surface area contributed by atoms with Gasteiger partial charge < -0.3 is 5.73 Å². The molecule has 0 saturated carbocycles. The van der Waals surface area contributed by atoms with Gasteiger partial charge in [-0.15, -0.1) is 11.8 Å². The summed E-state index contributed by atoms with van der Waals surface area (Å²) in [7, 11) is 0. The van der Waals surface area contributed by atoms with Crippen LogP contribution < -0.4 is 5.73 Å². The molecule has 112 valence electrons. The third-order valence-electron chi connectivity index (χ3n) is 3.93. The summed E-state index contributed by atoms with van der Waals surface area (Å²) in [6.45, 7) is 4.21. The maximum Gasteiger partial charge on any atom is 0.0998 e. The van der Waals surface area contributed by atoms with Gasteiger partial charge in [-0.3, -0.25) is 0 Å². The first-order valence-electron chi connectivity index (χ1n) is 7.18. The lowest BCUT2D eigenvalue weighted by atomic mass is 9.91. The van der Waals surface area contributed by atoms with Crippen LogP contribution in [0.1, 0.15) is 29.5 Å². The first-order valence-corrected chi connectivity index (χ1v) is 8.40. The summed E-state index contributed by atoms with van der Waals surface area (Å²) >= 11 is 1.66. The maximum absolute atomic E-state index is 9.42. The maximum atomic E-state index is 9.42. The van der Waals surface area contributed by atoms with Gasteiger partial charge in [-0.25, -0.2) is 0 Å². The van der Waals surface area contributed by atoms with Crippen molar-refractivity contribution in [3.63, 3.8) is 0 Å². The molecule has 2 aromatic rings. The van der Waals surface area contributed by atoms with Crippen LogP contribution >= 0.6 is 11.8 Å². The number of nitriles is 1. The van der Waals surface area contributed by atoms with E-state index in [0.717, 1.165) is 16.0 Å². The van der Waals surface area contributed by atoms with Crippen LogP contribution in [0.2, 0.25) is 0 Å². The quantitative estimate of drug-likeness (QED) is 0.882. The Kier molecular flexibility index (Phi) is 5.30. The van der Waals surface area contributed by atoms with E-state index in [9.17, 15) is 5.26 Å². The van der Waals surface area contributed by atoms with Crippen LogP contribution in [0.4, 0.5) is 0 Å². The van der Waals surface area contributed by atoms with E-state index in [1.165, 1.54) is 11.1 Å². The van der Waals surface area contributed by atoms with Gasteiger partial charge in [0.2, 0.25) is 0 Å². The second-order valence-corrected chi connectivity index (χ2v) is 6.11. The highest BCUT2D eigenvalue weighted by molar-refractivity contribution is 8.02. The number of hydrogen-bond donors (Lipinski definition) is 1. The van der Waals surface area contributed by atoms with E-state index in [-0.39, 0.29) is 5.92 Å². The highest BCUT2D eigenvalue weighted by Crippen LogP contribution is 2.34. The van der Waals surface area contributed by atoms with Crippen LogP contribution in [-0.2, 0) is 0 Å². The van der Waals surface area contributed by atoms with Gasteiger partial charge in [0.05, 0.1) is 11.6 Å². The highest BCUT2D eigenvalue weighted by atomic mass is 32.2. The van der Waals surface area contributed by atoms with E-state index >= 15 is 0 Å². The number of nitrogens with two attached hydrogens (primary N) is 1. The van der Waals surface area contributed by atoms with Gasteiger partial charge in [0, 0.05) is 17.0 Å². The molecule has 0 aliphatic carbocycles. The Balaban J connectivity index is 2.58. The topological polar surface area (TPSA) is 49.8 Å². The summed E-state index contributed by atoms with van der Waals surface area (Å²) in [5.74, 6) is 0.218. The molecule has 0 amide bonds. The van der Waals surface area contributed by atoms with Crippen molar-refractivity contribution in [1.29, 1.82) is 5.26 Å². The Morgan fingerprint density at radius 2 is 1.95 bits per heavy atom. The zero-order chi connectivity index (χ0) is 16.1. The van der Waals surface area contributed by atoms with E-state index < -0.39 is 0 Å². The lowest BCUT2D eigenvalue weighted by Gasteiger charge is -2.16. The normalized spacial score (nSPS) is 12.7. The van der Waals surface area contributed by atoms with E-state index in [1.54, 1.807) is 18.0 Å². The van der Waals surface area contributed by atoms with Crippen molar-refractivity contribution in [2.75, 3.05) is 6.26 Å². The molecule has 0 fully saturated rings. The summed E-state index contributed by atoms with van der Waals surface area (Å²) in [6.07, 6.45) is 3.70. The molecule has 2 N–H and O–H groups in total. The number of aryl methyl sites for hydroxylation is 1. The van der Waals surface area contributed by atoms with Crippen molar-refractivity contribution in [2.45, 2.75) is 19.8 Å². The molecule has 0 aromatic heterocycles. The molecule has 1 atom stereocenters. The Bertz CT molecular complexity index is 741. The highest BCUT2D eigenvalue weighted by Gasteiger charge is 2.14. The number of allylic oxidation sites excluding steroid dienone is 1. The number of benzene rings is 2. The molecule has 0 spiro atoms. The van der Waals surface area contributed by atoms with Gasteiger partial charge in [-0.1, -0.05) is 37.3 Å². The van der Waals surface area contributed by atoms with Crippen LogP contribution in [0.3, 0.4) is 0 Å². The Morgan fingerprint density at radius 1 is 1.23 bits per heavy atom. The molecule has 0 saturated heterocycles. The van der Waals surface area contributed by atoms with Crippen molar-refractivity contribution in [3.05, 3.63) is 70.3 Å². The van der Waals surface area contributed by atoms with Gasteiger partial charge in [0.15, 0.2) is 0 Å². The van der Waals surface area contributed by atoms with Crippen molar-refractivity contribution in [2.24, 2.45) is 5.73 Å². The lowest BCUT2D eigenvalue weighted by Crippen LogP contribution is -1.99. The van der Waals surface area contributed by atoms with Gasteiger partial charge >= 0.3 is 0 Å². The molecule has 0 radical (unpaired) electrons. The third-order valence-corrected chi connectivity index (χ3v) is 4.89. The molecular formula is C19H20N2S. The minimum Gasteiger partial charge on any atom is -0.404 e. The molecule has 1 unspecified atom stereocenters. The lowest BCUT2D eigenvalue weighted by molar-refractivity contribution is 0.947. The van der Waals surface area contributed by atoms with E-state index in [1.807, 2.05) is 30.5 Å². The standard InChI is InChI=1S/C19H20N2S/c1-13-6-4-5-7-17(13)18-10-15(8-9-16(18)11-20)14(2)19(12-21)22-3/h4-10,12,14H,21H2,1-3H3/b19-12-. The predicted octanol–water partition coefficient (Wildman–Crippen LogP) is 4.80. The molecule has 2 rings (SSSR count). The average molecular weight is 308 g/mol. The summed E-state index contributed by atoms with van der Waals surface area (Å²) < 4.78 is 0. The van der Waals surface area contributed by atoms with E-state index in [4.69, 9.17) is 5.73 Å². The fourth-order valence-electron chi connectivity index (χ4n) is 2.58. The Labute approximate surface area is 136 Å². The van der Waals surface area contributed by atoms with Crippen molar-refractivity contribution in [3.8, 4) is 17.2 Å².